The number of ether oxygens (including phenoxy) is 1. The molecule has 2 aliphatic heterocycles. The molecule has 2 heterocycles. The van der Waals surface area contributed by atoms with Crippen LogP contribution in [0.15, 0.2) is 5.10 Å². The lowest BCUT2D eigenvalue weighted by Crippen LogP contribution is -2.48. The molecule has 0 unspecified atom stereocenters. The zero-order valence-corrected chi connectivity index (χ0v) is 17.6. The predicted octanol–water partition coefficient (Wildman–Crippen LogP) is 2.61. The Morgan fingerprint density at radius 2 is 1.89 bits per heavy atom. The van der Waals surface area contributed by atoms with Gasteiger partial charge in [0.25, 0.3) is 0 Å². The minimum Gasteiger partial charge on any atom is -0.444 e. The molecule has 0 aliphatic carbocycles. The highest BCUT2D eigenvalue weighted by atomic mass is 16.7. The van der Waals surface area contributed by atoms with Gasteiger partial charge in [-0.2, -0.15) is 5.10 Å². The molecule has 0 bridgehead atoms. The second-order valence-electron chi connectivity index (χ2n) is 9.20. The van der Waals surface area contributed by atoms with E-state index < -0.39 is 23.9 Å². The SMILES string of the molecule is CC(C)(C)OC(=O)N1CCC[C@H](N/N=C\C(=N)B2OC(C)(C)C(C)(C)O2)C1. The quantitative estimate of drug-likeness (QED) is 0.444. The maximum Gasteiger partial charge on any atom is 0.515 e. The second kappa shape index (κ2) is 7.79. The van der Waals surface area contributed by atoms with Gasteiger partial charge in [-0.3, -0.25) is 0 Å². The van der Waals surface area contributed by atoms with Crippen molar-refractivity contribution >= 4 is 25.0 Å². The van der Waals surface area contributed by atoms with Crippen LogP contribution in [-0.2, 0) is 14.0 Å². The van der Waals surface area contributed by atoms with E-state index in [9.17, 15) is 4.79 Å². The molecule has 1 amide bonds. The molecule has 2 saturated heterocycles. The van der Waals surface area contributed by atoms with Crippen molar-refractivity contribution < 1.29 is 18.8 Å². The van der Waals surface area contributed by atoms with Gasteiger partial charge in [-0.05, 0) is 61.3 Å². The summed E-state index contributed by atoms with van der Waals surface area (Å²) in [6.45, 7) is 14.6. The van der Waals surface area contributed by atoms with Crippen molar-refractivity contribution in [3.05, 3.63) is 0 Å². The summed E-state index contributed by atoms with van der Waals surface area (Å²) in [7, 11) is -0.731. The largest absolute Gasteiger partial charge is 0.515 e. The van der Waals surface area contributed by atoms with E-state index in [1.165, 1.54) is 6.21 Å². The van der Waals surface area contributed by atoms with Gasteiger partial charge < -0.3 is 29.8 Å². The lowest BCUT2D eigenvalue weighted by molar-refractivity contribution is 0.00578. The molecule has 2 fully saturated rings. The summed E-state index contributed by atoms with van der Waals surface area (Å²) in [5.41, 5.74) is 1.71. The van der Waals surface area contributed by atoms with Crippen LogP contribution in [0, 0.1) is 5.41 Å². The maximum absolute atomic E-state index is 12.2. The van der Waals surface area contributed by atoms with E-state index in [2.05, 4.69) is 10.5 Å². The summed E-state index contributed by atoms with van der Waals surface area (Å²) in [4.78, 5) is 13.9. The van der Waals surface area contributed by atoms with E-state index in [1.807, 2.05) is 48.5 Å². The third-order valence-electron chi connectivity index (χ3n) is 5.04. The van der Waals surface area contributed by atoms with Crippen molar-refractivity contribution in [3.63, 3.8) is 0 Å². The van der Waals surface area contributed by atoms with Crippen LogP contribution in [0.25, 0.3) is 0 Å². The van der Waals surface area contributed by atoms with Crippen LogP contribution in [-0.4, -0.2) is 65.9 Å². The standard InChI is InChI=1S/C18H33BN4O4/c1-16(2,3)25-15(24)23-10-8-9-13(12-23)22-21-11-14(20)19-26-17(4,5)18(6,7)27-19/h11,13,20,22H,8-10,12H2,1-7H3/b20-14?,21-11-/t13-/m0/s1. The molecule has 0 spiro atoms. The Bertz CT molecular complexity index is 585. The number of hydrazone groups is 1. The minimum absolute atomic E-state index is 0.0219. The van der Waals surface area contributed by atoms with Gasteiger partial charge >= 0.3 is 13.2 Å². The summed E-state index contributed by atoms with van der Waals surface area (Å²) >= 11 is 0. The Morgan fingerprint density at radius 3 is 2.44 bits per heavy atom. The Balaban J connectivity index is 1.84. The van der Waals surface area contributed by atoms with Gasteiger partial charge in [0.1, 0.15) is 5.60 Å². The molecule has 2 N–H and O–H groups in total. The molecular formula is C18H33BN4O4. The summed E-state index contributed by atoms with van der Waals surface area (Å²) in [6.07, 6.45) is 2.89. The number of nitrogens with zero attached hydrogens (tertiary/aromatic N) is 2. The number of carbonyl (C=O) groups excluding carboxylic acids is 1. The summed E-state index contributed by atoms with van der Waals surface area (Å²) in [5, 5.41) is 12.3. The lowest BCUT2D eigenvalue weighted by Gasteiger charge is -2.33. The van der Waals surface area contributed by atoms with E-state index >= 15 is 0 Å². The number of hydrogen-bond acceptors (Lipinski definition) is 7. The van der Waals surface area contributed by atoms with Gasteiger partial charge in [0.05, 0.1) is 29.1 Å². The number of rotatable bonds is 4. The summed E-state index contributed by atoms with van der Waals surface area (Å²) in [6, 6.07) is 0.0219. The molecule has 2 rings (SSSR count). The fourth-order valence-electron chi connectivity index (χ4n) is 2.82. The molecule has 9 heteroatoms. The number of carbonyl (C=O) groups is 1. The van der Waals surface area contributed by atoms with Gasteiger partial charge in [-0.15, -0.1) is 0 Å². The maximum atomic E-state index is 12.2. The van der Waals surface area contributed by atoms with E-state index in [0.717, 1.165) is 12.8 Å². The van der Waals surface area contributed by atoms with Crippen molar-refractivity contribution in [2.75, 3.05) is 13.1 Å². The number of amides is 1. The van der Waals surface area contributed by atoms with Crippen LogP contribution >= 0.6 is 0 Å². The minimum atomic E-state index is -0.731. The van der Waals surface area contributed by atoms with E-state index in [4.69, 9.17) is 19.5 Å². The first-order valence-electron chi connectivity index (χ1n) is 9.51. The highest BCUT2D eigenvalue weighted by Crippen LogP contribution is 2.36. The Kier molecular flexibility index (Phi) is 6.26. The fraction of sp³-hybridized carbons (Fsp3) is 0.833. The van der Waals surface area contributed by atoms with Gasteiger partial charge in [-0.1, -0.05) is 0 Å². The first kappa shape index (κ1) is 21.7. The number of likely N-dealkylation sites (tertiary alicyclic amines) is 1. The van der Waals surface area contributed by atoms with Gasteiger partial charge in [0.2, 0.25) is 0 Å². The molecule has 0 radical (unpaired) electrons. The van der Waals surface area contributed by atoms with Gasteiger partial charge in [0.15, 0.2) is 0 Å². The zero-order chi connectivity index (χ0) is 20.5. The average Bonchev–Trinajstić information content (AvgIpc) is 2.74. The van der Waals surface area contributed by atoms with Crippen molar-refractivity contribution in [2.24, 2.45) is 5.10 Å². The number of piperidine rings is 1. The van der Waals surface area contributed by atoms with Gasteiger partial charge in [-0.25, -0.2) is 4.79 Å². The Labute approximate surface area is 162 Å². The van der Waals surface area contributed by atoms with Crippen LogP contribution in [0.5, 0.6) is 0 Å². The third-order valence-corrected chi connectivity index (χ3v) is 5.04. The highest BCUT2D eigenvalue weighted by molar-refractivity contribution is 6.92. The highest BCUT2D eigenvalue weighted by Gasteiger charge is 2.52. The van der Waals surface area contributed by atoms with E-state index in [-0.39, 0.29) is 17.7 Å². The summed E-state index contributed by atoms with van der Waals surface area (Å²) < 4.78 is 17.1. The molecule has 0 aromatic heterocycles. The third kappa shape index (κ3) is 5.68. The molecule has 8 nitrogen and oxygen atoms in total. The predicted molar refractivity (Wildman–Crippen MR) is 106 cm³/mol. The average molecular weight is 380 g/mol. The van der Waals surface area contributed by atoms with E-state index in [1.54, 1.807) is 4.90 Å². The first-order valence-corrected chi connectivity index (χ1v) is 9.51. The van der Waals surface area contributed by atoms with Crippen LogP contribution < -0.4 is 5.43 Å². The molecule has 1 atom stereocenters. The number of nitrogens with one attached hydrogen (secondary N) is 2. The normalized spacial score (nSPS) is 24.9. The molecular weight excluding hydrogens is 347 g/mol. The molecule has 27 heavy (non-hydrogen) atoms. The molecule has 0 aromatic carbocycles. The smallest absolute Gasteiger partial charge is 0.444 e. The Hall–Kier alpha value is -1.61. The fourth-order valence-corrected chi connectivity index (χ4v) is 2.82. The van der Waals surface area contributed by atoms with Crippen LogP contribution in [0.3, 0.4) is 0 Å². The van der Waals surface area contributed by atoms with Crippen molar-refractivity contribution in [2.45, 2.75) is 84.2 Å². The molecule has 2 aliphatic rings. The van der Waals surface area contributed by atoms with Crippen LogP contribution in [0.1, 0.15) is 61.3 Å². The van der Waals surface area contributed by atoms with Gasteiger partial charge in [0, 0.05) is 13.1 Å². The Morgan fingerprint density at radius 1 is 1.30 bits per heavy atom. The number of hydrogen-bond donors (Lipinski definition) is 2. The van der Waals surface area contributed by atoms with E-state index in [0.29, 0.717) is 13.1 Å². The van der Waals surface area contributed by atoms with Crippen LogP contribution in [0.4, 0.5) is 4.79 Å². The van der Waals surface area contributed by atoms with Crippen molar-refractivity contribution in [3.8, 4) is 0 Å². The molecule has 0 saturated carbocycles. The van der Waals surface area contributed by atoms with Crippen molar-refractivity contribution in [1.29, 1.82) is 5.41 Å². The second-order valence-corrected chi connectivity index (χ2v) is 9.20. The van der Waals surface area contributed by atoms with Crippen LogP contribution in [0.2, 0.25) is 0 Å². The first-order chi connectivity index (χ1) is 12.3. The lowest BCUT2D eigenvalue weighted by atomic mass is 9.83. The molecule has 0 aromatic rings. The van der Waals surface area contributed by atoms with Crippen molar-refractivity contribution in [1.82, 2.24) is 10.3 Å². The zero-order valence-electron chi connectivity index (χ0n) is 17.6. The summed E-state index contributed by atoms with van der Waals surface area (Å²) in [5.74, 6) is 0. The molecule has 152 valence electrons. The topological polar surface area (TPSA) is 96.2 Å². The monoisotopic (exact) mass is 380 g/mol.